The topological polar surface area (TPSA) is 66.8 Å². The lowest BCUT2D eigenvalue weighted by atomic mass is 10.1. The van der Waals surface area contributed by atoms with E-state index in [2.05, 4.69) is 40.2 Å². The Bertz CT molecular complexity index is 939. The van der Waals surface area contributed by atoms with Gasteiger partial charge in [0.15, 0.2) is 0 Å². The molecule has 1 aromatic carbocycles. The summed E-state index contributed by atoms with van der Waals surface area (Å²) < 4.78 is 1.98. The zero-order chi connectivity index (χ0) is 17.6. The summed E-state index contributed by atoms with van der Waals surface area (Å²) in [6, 6.07) is 8.35. The maximum absolute atomic E-state index is 13.0. The van der Waals surface area contributed by atoms with Crippen molar-refractivity contribution < 1.29 is 4.79 Å². The minimum atomic E-state index is 0.0630. The van der Waals surface area contributed by atoms with Crippen LogP contribution in [0.4, 0.5) is 0 Å². The molecule has 1 atom stereocenters. The summed E-state index contributed by atoms with van der Waals surface area (Å²) in [7, 11) is 0. The number of hydrogen-bond donors (Lipinski definition) is 1. The third kappa shape index (κ3) is 2.92. The molecule has 0 spiro atoms. The Balaban J connectivity index is 1.57. The van der Waals surface area contributed by atoms with E-state index in [0.29, 0.717) is 12.2 Å². The highest BCUT2D eigenvalue weighted by molar-refractivity contribution is 5.98. The SMILES string of the molecule is Cc1ccc2cc(C(=O)N3CCC[C@H](n4nc(C)nc4C)C3)[nH]c2c1. The Morgan fingerprint density at radius 3 is 2.84 bits per heavy atom. The van der Waals surface area contributed by atoms with Gasteiger partial charge in [0.05, 0.1) is 6.04 Å². The Morgan fingerprint density at radius 2 is 2.08 bits per heavy atom. The standard InChI is InChI=1S/C19H23N5O/c1-12-6-7-15-10-18(21-17(15)9-12)19(25)23-8-4-5-16(11-23)24-14(3)20-13(2)22-24/h6-7,9-10,16,21H,4-5,8,11H2,1-3H3/t16-/m0/s1. The lowest BCUT2D eigenvalue weighted by Crippen LogP contribution is -2.41. The highest BCUT2D eigenvalue weighted by Crippen LogP contribution is 2.24. The Morgan fingerprint density at radius 1 is 1.24 bits per heavy atom. The Kier molecular flexibility index (Phi) is 3.82. The molecule has 3 aromatic rings. The summed E-state index contributed by atoms with van der Waals surface area (Å²) in [6.07, 6.45) is 2.01. The summed E-state index contributed by atoms with van der Waals surface area (Å²) in [4.78, 5) is 22.6. The normalized spacial score (nSPS) is 18.0. The van der Waals surface area contributed by atoms with Crippen LogP contribution < -0.4 is 0 Å². The highest BCUT2D eigenvalue weighted by Gasteiger charge is 2.27. The number of aryl methyl sites for hydroxylation is 3. The van der Waals surface area contributed by atoms with E-state index in [1.165, 1.54) is 5.56 Å². The third-order valence-corrected chi connectivity index (χ3v) is 4.95. The van der Waals surface area contributed by atoms with Gasteiger partial charge < -0.3 is 9.88 Å². The second-order valence-electron chi connectivity index (χ2n) is 6.97. The molecule has 0 saturated carbocycles. The van der Waals surface area contributed by atoms with Gasteiger partial charge in [0.25, 0.3) is 5.91 Å². The molecule has 1 N–H and O–H groups in total. The molecule has 0 aliphatic carbocycles. The molecule has 1 saturated heterocycles. The first-order valence-corrected chi connectivity index (χ1v) is 8.79. The fourth-order valence-corrected chi connectivity index (χ4v) is 3.75. The van der Waals surface area contributed by atoms with Gasteiger partial charge in [-0.1, -0.05) is 12.1 Å². The fourth-order valence-electron chi connectivity index (χ4n) is 3.75. The van der Waals surface area contributed by atoms with Crippen LogP contribution in [0.5, 0.6) is 0 Å². The van der Waals surface area contributed by atoms with Crippen molar-refractivity contribution >= 4 is 16.8 Å². The molecule has 0 unspecified atom stereocenters. The van der Waals surface area contributed by atoms with Gasteiger partial charge in [-0.05, 0) is 51.3 Å². The zero-order valence-electron chi connectivity index (χ0n) is 14.9. The van der Waals surface area contributed by atoms with Crippen LogP contribution in [-0.4, -0.2) is 43.6 Å². The number of aromatic nitrogens is 4. The number of nitrogens with one attached hydrogen (secondary N) is 1. The van der Waals surface area contributed by atoms with Crippen LogP contribution in [0.15, 0.2) is 24.3 Å². The van der Waals surface area contributed by atoms with E-state index in [1.807, 2.05) is 29.5 Å². The van der Waals surface area contributed by atoms with Crippen molar-refractivity contribution in [1.29, 1.82) is 0 Å². The minimum Gasteiger partial charge on any atom is -0.351 e. The second-order valence-corrected chi connectivity index (χ2v) is 6.97. The lowest BCUT2D eigenvalue weighted by Gasteiger charge is -2.32. The molecule has 3 heterocycles. The molecule has 4 rings (SSSR count). The van der Waals surface area contributed by atoms with E-state index in [-0.39, 0.29) is 11.9 Å². The van der Waals surface area contributed by atoms with E-state index in [4.69, 9.17) is 0 Å². The van der Waals surface area contributed by atoms with Crippen molar-refractivity contribution in [3.05, 3.63) is 47.2 Å². The molecular formula is C19H23N5O. The van der Waals surface area contributed by atoms with E-state index >= 15 is 0 Å². The number of likely N-dealkylation sites (tertiary alicyclic amines) is 1. The lowest BCUT2D eigenvalue weighted by molar-refractivity contribution is 0.0666. The molecule has 0 radical (unpaired) electrons. The summed E-state index contributed by atoms with van der Waals surface area (Å²) in [5.74, 6) is 1.76. The van der Waals surface area contributed by atoms with Gasteiger partial charge in [-0.2, -0.15) is 5.10 Å². The number of carbonyl (C=O) groups excluding carboxylic acids is 1. The number of aromatic amines is 1. The van der Waals surface area contributed by atoms with Crippen LogP contribution >= 0.6 is 0 Å². The average molecular weight is 337 g/mol. The summed E-state index contributed by atoms with van der Waals surface area (Å²) in [5.41, 5.74) is 2.86. The van der Waals surface area contributed by atoms with Crippen LogP contribution in [0, 0.1) is 20.8 Å². The second kappa shape index (κ2) is 6.02. The molecule has 25 heavy (non-hydrogen) atoms. The monoisotopic (exact) mass is 337 g/mol. The summed E-state index contributed by atoms with van der Waals surface area (Å²) in [5, 5.41) is 5.58. The summed E-state index contributed by atoms with van der Waals surface area (Å²) in [6.45, 7) is 7.40. The number of hydrogen-bond acceptors (Lipinski definition) is 3. The van der Waals surface area contributed by atoms with Gasteiger partial charge in [-0.25, -0.2) is 9.67 Å². The molecule has 1 aliphatic rings. The molecular weight excluding hydrogens is 314 g/mol. The third-order valence-electron chi connectivity index (χ3n) is 4.95. The van der Waals surface area contributed by atoms with Crippen molar-refractivity contribution in [2.24, 2.45) is 0 Å². The van der Waals surface area contributed by atoms with Crippen LogP contribution in [0.25, 0.3) is 10.9 Å². The quantitative estimate of drug-likeness (QED) is 0.781. The van der Waals surface area contributed by atoms with Crippen molar-refractivity contribution in [1.82, 2.24) is 24.6 Å². The molecule has 1 amide bonds. The van der Waals surface area contributed by atoms with Gasteiger partial charge >= 0.3 is 0 Å². The van der Waals surface area contributed by atoms with Crippen molar-refractivity contribution in [2.45, 2.75) is 39.7 Å². The maximum atomic E-state index is 13.0. The van der Waals surface area contributed by atoms with Gasteiger partial charge in [0, 0.05) is 24.0 Å². The molecule has 130 valence electrons. The van der Waals surface area contributed by atoms with E-state index in [1.54, 1.807) is 0 Å². The molecule has 2 aromatic heterocycles. The van der Waals surface area contributed by atoms with Crippen LogP contribution in [0.3, 0.4) is 0 Å². The first kappa shape index (κ1) is 15.9. The maximum Gasteiger partial charge on any atom is 0.270 e. The number of fused-ring (bicyclic) bond motifs is 1. The average Bonchev–Trinajstić information content (AvgIpc) is 3.16. The molecule has 1 aliphatic heterocycles. The van der Waals surface area contributed by atoms with E-state index < -0.39 is 0 Å². The number of benzene rings is 1. The fraction of sp³-hybridized carbons (Fsp3) is 0.421. The van der Waals surface area contributed by atoms with Crippen LogP contribution in [0.1, 0.15) is 46.6 Å². The highest BCUT2D eigenvalue weighted by atomic mass is 16.2. The number of carbonyl (C=O) groups is 1. The molecule has 6 heteroatoms. The molecule has 1 fully saturated rings. The van der Waals surface area contributed by atoms with Crippen LogP contribution in [-0.2, 0) is 0 Å². The molecule has 6 nitrogen and oxygen atoms in total. The van der Waals surface area contributed by atoms with Gasteiger partial charge in [-0.3, -0.25) is 4.79 Å². The first-order chi connectivity index (χ1) is 12.0. The largest absolute Gasteiger partial charge is 0.351 e. The zero-order valence-corrected chi connectivity index (χ0v) is 14.9. The van der Waals surface area contributed by atoms with Gasteiger partial charge in [0.1, 0.15) is 17.3 Å². The van der Waals surface area contributed by atoms with Gasteiger partial charge in [-0.15, -0.1) is 0 Å². The predicted molar refractivity (Wildman–Crippen MR) is 96.7 cm³/mol. The smallest absolute Gasteiger partial charge is 0.270 e. The molecule has 0 bridgehead atoms. The van der Waals surface area contributed by atoms with Crippen molar-refractivity contribution in [2.75, 3.05) is 13.1 Å². The Hall–Kier alpha value is -2.63. The first-order valence-electron chi connectivity index (χ1n) is 8.79. The number of nitrogens with zero attached hydrogens (tertiary/aromatic N) is 4. The Labute approximate surface area is 146 Å². The predicted octanol–water partition coefficient (Wildman–Crippen LogP) is 3.16. The number of amides is 1. The summed E-state index contributed by atoms with van der Waals surface area (Å²) >= 11 is 0. The number of rotatable bonds is 2. The minimum absolute atomic E-state index is 0.0630. The van der Waals surface area contributed by atoms with E-state index in [0.717, 1.165) is 41.9 Å². The number of H-pyrrole nitrogens is 1. The van der Waals surface area contributed by atoms with Gasteiger partial charge in [0.2, 0.25) is 0 Å². The van der Waals surface area contributed by atoms with Crippen molar-refractivity contribution in [3.63, 3.8) is 0 Å². The van der Waals surface area contributed by atoms with Crippen molar-refractivity contribution in [3.8, 4) is 0 Å². The van der Waals surface area contributed by atoms with E-state index in [9.17, 15) is 4.79 Å². The van der Waals surface area contributed by atoms with Crippen LogP contribution in [0.2, 0.25) is 0 Å². The number of piperidine rings is 1.